The molecule has 2 aromatic rings. The van der Waals surface area contributed by atoms with Gasteiger partial charge in [0.25, 0.3) is 0 Å². The molecule has 0 aliphatic rings. The van der Waals surface area contributed by atoms with Crippen molar-refractivity contribution in [2.45, 2.75) is 39.7 Å². The highest BCUT2D eigenvalue weighted by Gasteiger charge is 2.13. The van der Waals surface area contributed by atoms with Crippen LogP contribution < -0.4 is 5.32 Å². The van der Waals surface area contributed by atoms with E-state index in [0.29, 0.717) is 11.1 Å². The first-order valence-electron chi connectivity index (χ1n) is 6.43. The highest BCUT2D eigenvalue weighted by Crippen LogP contribution is 2.28. The Morgan fingerprint density at radius 3 is 2.63 bits per heavy atom. The second kappa shape index (κ2) is 6.35. The van der Waals surface area contributed by atoms with E-state index in [0.717, 1.165) is 24.3 Å². The number of halogens is 1. The number of anilines is 1. The molecule has 3 nitrogen and oxygen atoms in total. The first-order valence-corrected chi connectivity index (χ1v) is 7.63. The summed E-state index contributed by atoms with van der Waals surface area (Å²) in [6.45, 7) is 7.13. The van der Waals surface area contributed by atoms with E-state index in [9.17, 15) is 0 Å². The summed E-state index contributed by atoms with van der Waals surface area (Å²) in [5.74, 6) is 1.13. The average Bonchev–Trinajstić information content (AvgIpc) is 2.83. The zero-order valence-electron chi connectivity index (χ0n) is 11.4. The third-order valence-electron chi connectivity index (χ3n) is 2.91. The van der Waals surface area contributed by atoms with Crippen molar-refractivity contribution in [1.82, 2.24) is 9.97 Å². The lowest BCUT2D eigenvalue weighted by atomic mass is 10.1. The van der Waals surface area contributed by atoms with E-state index >= 15 is 0 Å². The molecule has 0 aromatic carbocycles. The standard InChI is InChI=1S/C14H18ClN3S/c1-4-10-5-6-11(19-10)7-16-14-12(9(2)3)13(15)17-8-18-14/h5-6,8-9H,4,7H2,1-3H3,(H,16,17,18). The third kappa shape index (κ3) is 3.45. The minimum Gasteiger partial charge on any atom is -0.365 e. The fraction of sp³-hybridized carbons (Fsp3) is 0.429. The normalized spacial score (nSPS) is 11.0. The van der Waals surface area contributed by atoms with Crippen molar-refractivity contribution >= 4 is 28.8 Å². The molecule has 2 rings (SSSR count). The number of aromatic nitrogens is 2. The predicted molar refractivity (Wildman–Crippen MR) is 82.2 cm³/mol. The fourth-order valence-corrected chi connectivity index (χ4v) is 3.15. The van der Waals surface area contributed by atoms with E-state index in [2.05, 4.69) is 48.2 Å². The molecule has 1 N–H and O–H groups in total. The van der Waals surface area contributed by atoms with Gasteiger partial charge < -0.3 is 5.32 Å². The number of hydrogen-bond donors (Lipinski definition) is 1. The zero-order valence-corrected chi connectivity index (χ0v) is 13.0. The van der Waals surface area contributed by atoms with Crippen molar-refractivity contribution in [3.63, 3.8) is 0 Å². The predicted octanol–water partition coefficient (Wildman–Crippen LogP) is 4.49. The van der Waals surface area contributed by atoms with Crippen LogP contribution in [0.5, 0.6) is 0 Å². The van der Waals surface area contributed by atoms with Gasteiger partial charge in [0.2, 0.25) is 0 Å². The topological polar surface area (TPSA) is 37.8 Å². The molecule has 0 aliphatic carbocycles. The van der Waals surface area contributed by atoms with Crippen molar-refractivity contribution in [2.75, 3.05) is 5.32 Å². The molecule has 0 spiro atoms. The Hall–Kier alpha value is -1.13. The van der Waals surface area contributed by atoms with E-state index in [4.69, 9.17) is 11.6 Å². The number of thiophene rings is 1. The van der Waals surface area contributed by atoms with Crippen molar-refractivity contribution in [1.29, 1.82) is 0 Å². The molecule has 0 unspecified atom stereocenters. The quantitative estimate of drug-likeness (QED) is 0.826. The molecular weight excluding hydrogens is 278 g/mol. The van der Waals surface area contributed by atoms with Gasteiger partial charge in [0.05, 0.1) is 6.54 Å². The van der Waals surface area contributed by atoms with Crippen molar-refractivity contribution in [2.24, 2.45) is 0 Å². The van der Waals surface area contributed by atoms with E-state index in [1.165, 1.54) is 16.1 Å². The number of nitrogens with one attached hydrogen (secondary N) is 1. The minimum atomic E-state index is 0.297. The van der Waals surface area contributed by atoms with Gasteiger partial charge in [0.1, 0.15) is 17.3 Å². The molecule has 2 heterocycles. The van der Waals surface area contributed by atoms with E-state index < -0.39 is 0 Å². The second-order valence-corrected chi connectivity index (χ2v) is 6.27. The lowest BCUT2D eigenvalue weighted by Crippen LogP contribution is -2.06. The zero-order chi connectivity index (χ0) is 13.8. The summed E-state index contributed by atoms with van der Waals surface area (Å²) in [4.78, 5) is 11.1. The largest absolute Gasteiger partial charge is 0.365 e. The fourth-order valence-electron chi connectivity index (χ4n) is 1.90. The van der Waals surface area contributed by atoms with Gasteiger partial charge in [-0.1, -0.05) is 32.4 Å². The lowest BCUT2D eigenvalue weighted by Gasteiger charge is -2.13. The highest BCUT2D eigenvalue weighted by atomic mass is 35.5. The van der Waals surface area contributed by atoms with Crippen LogP contribution in [0, 0.1) is 0 Å². The smallest absolute Gasteiger partial charge is 0.138 e. The van der Waals surface area contributed by atoms with Crippen LogP contribution in [0.4, 0.5) is 5.82 Å². The molecule has 0 atom stereocenters. The van der Waals surface area contributed by atoms with Gasteiger partial charge in [-0.3, -0.25) is 0 Å². The van der Waals surface area contributed by atoms with Gasteiger partial charge >= 0.3 is 0 Å². The first-order chi connectivity index (χ1) is 9.11. The van der Waals surface area contributed by atoms with Gasteiger partial charge in [-0.05, 0) is 24.5 Å². The minimum absolute atomic E-state index is 0.297. The molecule has 0 saturated heterocycles. The molecule has 0 aliphatic heterocycles. The van der Waals surface area contributed by atoms with Crippen LogP contribution in [0.3, 0.4) is 0 Å². The summed E-state index contributed by atoms with van der Waals surface area (Å²) < 4.78 is 0. The average molecular weight is 296 g/mol. The number of rotatable bonds is 5. The molecule has 5 heteroatoms. The first kappa shape index (κ1) is 14.3. The molecule has 0 radical (unpaired) electrons. The van der Waals surface area contributed by atoms with Crippen LogP contribution in [-0.2, 0) is 13.0 Å². The van der Waals surface area contributed by atoms with E-state index in [-0.39, 0.29) is 0 Å². The van der Waals surface area contributed by atoms with Gasteiger partial charge in [0, 0.05) is 15.3 Å². The third-order valence-corrected chi connectivity index (χ3v) is 4.44. The Kier molecular flexibility index (Phi) is 4.77. The van der Waals surface area contributed by atoms with Crippen molar-refractivity contribution < 1.29 is 0 Å². The molecule has 2 aromatic heterocycles. The van der Waals surface area contributed by atoms with Gasteiger partial charge in [-0.25, -0.2) is 9.97 Å². The molecule has 0 amide bonds. The van der Waals surface area contributed by atoms with E-state index in [1.807, 2.05) is 11.3 Å². The number of aryl methyl sites for hydroxylation is 1. The summed E-state index contributed by atoms with van der Waals surface area (Å²) in [6.07, 6.45) is 2.59. The molecule has 0 bridgehead atoms. The van der Waals surface area contributed by atoms with Crippen molar-refractivity contribution in [3.05, 3.63) is 38.9 Å². The molecule has 19 heavy (non-hydrogen) atoms. The van der Waals surface area contributed by atoms with Crippen LogP contribution in [0.2, 0.25) is 5.15 Å². The van der Waals surface area contributed by atoms with Gasteiger partial charge in [-0.2, -0.15) is 0 Å². The Bertz CT molecular complexity index is 551. The maximum absolute atomic E-state index is 6.14. The van der Waals surface area contributed by atoms with Crippen LogP contribution in [-0.4, -0.2) is 9.97 Å². The summed E-state index contributed by atoms with van der Waals surface area (Å²) in [7, 11) is 0. The summed E-state index contributed by atoms with van der Waals surface area (Å²) in [6, 6.07) is 4.34. The highest BCUT2D eigenvalue weighted by molar-refractivity contribution is 7.12. The second-order valence-electron chi connectivity index (χ2n) is 4.66. The summed E-state index contributed by atoms with van der Waals surface area (Å²) >= 11 is 7.98. The molecule has 102 valence electrons. The Labute approximate surface area is 123 Å². The van der Waals surface area contributed by atoms with Gasteiger partial charge in [-0.15, -0.1) is 11.3 Å². The van der Waals surface area contributed by atoms with Gasteiger partial charge in [0.15, 0.2) is 0 Å². The monoisotopic (exact) mass is 295 g/mol. The molecule has 0 saturated carbocycles. The van der Waals surface area contributed by atoms with Crippen LogP contribution in [0.25, 0.3) is 0 Å². The summed E-state index contributed by atoms with van der Waals surface area (Å²) in [5, 5.41) is 3.90. The van der Waals surface area contributed by atoms with Crippen LogP contribution >= 0.6 is 22.9 Å². The van der Waals surface area contributed by atoms with Crippen LogP contribution in [0.1, 0.15) is 42.0 Å². The Morgan fingerprint density at radius 2 is 2.00 bits per heavy atom. The molecular formula is C14H18ClN3S. The Morgan fingerprint density at radius 1 is 1.26 bits per heavy atom. The van der Waals surface area contributed by atoms with Crippen LogP contribution in [0.15, 0.2) is 18.5 Å². The number of nitrogens with zero attached hydrogens (tertiary/aromatic N) is 2. The SMILES string of the molecule is CCc1ccc(CNc2ncnc(Cl)c2C(C)C)s1. The maximum atomic E-state index is 6.14. The lowest BCUT2D eigenvalue weighted by molar-refractivity contribution is 0.845. The molecule has 0 fully saturated rings. The Balaban J connectivity index is 2.13. The van der Waals surface area contributed by atoms with Crippen molar-refractivity contribution in [3.8, 4) is 0 Å². The number of hydrogen-bond acceptors (Lipinski definition) is 4. The maximum Gasteiger partial charge on any atom is 0.138 e. The summed E-state index contributed by atoms with van der Waals surface area (Å²) in [5.41, 5.74) is 0.983. The van der Waals surface area contributed by atoms with E-state index in [1.54, 1.807) is 0 Å².